The topological polar surface area (TPSA) is 59.6 Å². The standard InChI is InChI=1S/C19H20N2O3/c1-2-12-5-3-4-6-15(12)20-19(22)21-17-14-8-10-23-16(14)11-13-7-9-24-18(13)17/h3-6,11H,2,7-10H2,1H3,(H2,20,21,22). The number of anilines is 2. The maximum absolute atomic E-state index is 12.5. The zero-order chi connectivity index (χ0) is 16.5. The third-order valence-corrected chi connectivity index (χ3v) is 4.54. The molecule has 0 atom stereocenters. The maximum Gasteiger partial charge on any atom is 0.323 e. The van der Waals surface area contributed by atoms with Gasteiger partial charge in [0.25, 0.3) is 0 Å². The van der Waals surface area contributed by atoms with Crippen LogP contribution in [0.25, 0.3) is 0 Å². The second kappa shape index (κ2) is 6.07. The van der Waals surface area contributed by atoms with E-state index in [1.54, 1.807) is 0 Å². The summed E-state index contributed by atoms with van der Waals surface area (Å²) in [6.45, 7) is 3.36. The van der Waals surface area contributed by atoms with Crippen LogP contribution in [-0.2, 0) is 19.3 Å². The summed E-state index contributed by atoms with van der Waals surface area (Å²) in [7, 11) is 0. The number of nitrogens with one attached hydrogen (secondary N) is 2. The average Bonchev–Trinajstić information content (AvgIpc) is 3.24. The van der Waals surface area contributed by atoms with Crippen molar-refractivity contribution in [3.63, 3.8) is 0 Å². The van der Waals surface area contributed by atoms with Crippen LogP contribution in [0.1, 0.15) is 23.6 Å². The molecule has 0 saturated heterocycles. The Bertz CT molecular complexity index is 769. The Morgan fingerprint density at radius 1 is 1.12 bits per heavy atom. The summed E-state index contributed by atoms with van der Waals surface area (Å²) in [5.74, 6) is 1.65. The summed E-state index contributed by atoms with van der Waals surface area (Å²) >= 11 is 0. The van der Waals surface area contributed by atoms with Gasteiger partial charge >= 0.3 is 6.03 Å². The van der Waals surface area contributed by atoms with Gasteiger partial charge in [-0.2, -0.15) is 0 Å². The number of carbonyl (C=O) groups excluding carboxylic acids is 1. The molecule has 4 rings (SSSR count). The quantitative estimate of drug-likeness (QED) is 0.903. The predicted octanol–water partition coefficient (Wildman–Crippen LogP) is 3.76. The fourth-order valence-corrected chi connectivity index (χ4v) is 3.34. The monoisotopic (exact) mass is 324 g/mol. The maximum atomic E-state index is 12.5. The van der Waals surface area contributed by atoms with Crippen molar-refractivity contribution < 1.29 is 14.3 Å². The van der Waals surface area contributed by atoms with Crippen molar-refractivity contribution in [1.82, 2.24) is 0 Å². The smallest absolute Gasteiger partial charge is 0.323 e. The minimum absolute atomic E-state index is 0.256. The van der Waals surface area contributed by atoms with E-state index in [4.69, 9.17) is 9.47 Å². The Morgan fingerprint density at radius 3 is 2.83 bits per heavy atom. The van der Waals surface area contributed by atoms with Crippen molar-refractivity contribution in [3.8, 4) is 11.5 Å². The van der Waals surface area contributed by atoms with Crippen molar-refractivity contribution in [2.45, 2.75) is 26.2 Å². The highest BCUT2D eigenvalue weighted by atomic mass is 16.5. The number of urea groups is 1. The van der Waals surface area contributed by atoms with Crippen LogP contribution in [0, 0.1) is 0 Å². The van der Waals surface area contributed by atoms with Crippen LogP contribution in [0.15, 0.2) is 30.3 Å². The predicted molar refractivity (Wildman–Crippen MR) is 93.3 cm³/mol. The molecule has 0 spiro atoms. The number of hydrogen-bond donors (Lipinski definition) is 2. The van der Waals surface area contributed by atoms with Crippen LogP contribution in [0.5, 0.6) is 11.5 Å². The second-order valence-corrected chi connectivity index (χ2v) is 6.00. The van der Waals surface area contributed by atoms with E-state index < -0.39 is 0 Å². The lowest BCUT2D eigenvalue weighted by Gasteiger charge is -2.15. The Hall–Kier alpha value is -2.69. The number of fused-ring (bicyclic) bond motifs is 2. The van der Waals surface area contributed by atoms with Gasteiger partial charge in [0.2, 0.25) is 0 Å². The Balaban J connectivity index is 1.61. The van der Waals surface area contributed by atoms with E-state index in [9.17, 15) is 4.79 Å². The molecule has 0 aromatic heterocycles. The van der Waals surface area contributed by atoms with Crippen molar-refractivity contribution in [2.75, 3.05) is 23.8 Å². The third-order valence-electron chi connectivity index (χ3n) is 4.54. The minimum Gasteiger partial charge on any atom is -0.493 e. The Kier molecular flexibility index (Phi) is 3.76. The molecule has 2 heterocycles. The SMILES string of the molecule is CCc1ccccc1NC(=O)Nc1c2c(cc3c1OCC3)OCC2. The molecule has 0 aliphatic carbocycles. The molecular weight excluding hydrogens is 304 g/mol. The molecule has 2 N–H and O–H groups in total. The van der Waals surface area contributed by atoms with Crippen LogP contribution in [-0.4, -0.2) is 19.2 Å². The van der Waals surface area contributed by atoms with E-state index in [0.29, 0.717) is 13.2 Å². The zero-order valence-electron chi connectivity index (χ0n) is 13.6. The van der Waals surface area contributed by atoms with Gasteiger partial charge in [0.15, 0.2) is 0 Å². The van der Waals surface area contributed by atoms with Gasteiger partial charge in [-0.1, -0.05) is 25.1 Å². The highest BCUT2D eigenvalue weighted by molar-refractivity contribution is 6.02. The molecule has 0 fully saturated rings. The Labute approximate surface area is 141 Å². The molecule has 2 amide bonds. The fraction of sp³-hybridized carbons (Fsp3) is 0.316. The van der Waals surface area contributed by atoms with Crippen LogP contribution in [0.4, 0.5) is 16.2 Å². The lowest BCUT2D eigenvalue weighted by atomic mass is 10.0. The van der Waals surface area contributed by atoms with Gasteiger partial charge in [-0.25, -0.2) is 4.79 Å². The number of hydrogen-bond acceptors (Lipinski definition) is 3. The molecule has 5 nitrogen and oxygen atoms in total. The van der Waals surface area contributed by atoms with E-state index in [2.05, 4.69) is 17.6 Å². The van der Waals surface area contributed by atoms with Gasteiger partial charge in [0, 0.05) is 29.7 Å². The third kappa shape index (κ3) is 2.56. The number of ether oxygens (including phenoxy) is 2. The van der Waals surface area contributed by atoms with E-state index in [-0.39, 0.29) is 6.03 Å². The number of aryl methyl sites for hydroxylation is 1. The molecule has 5 heteroatoms. The van der Waals surface area contributed by atoms with Crippen LogP contribution in [0.3, 0.4) is 0 Å². The minimum atomic E-state index is -0.256. The zero-order valence-corrected chi connectivity index (χ0v) is 13.6. The summed E-state index contributed by atoms with van der Waals surface area (Å²) < 4.78 is 11.4. The lowest BCUT2D eigenvalue weighted by molar-refractivity contribution is 0.262. The van der Waals surface area contributed by atoms with E-state index in [1.807, 2.05) is 30.3 Å². The van der Waals surface area contributed by atoms with Crippen molar-refractivity contribution in [2.24, 2.45) is 0 Å². The summed E-state index contributed by atoms with van der Waals surface area (Å²) in [6, 6.07) is 9.62. The number of amides is 2. The van der Waals surface area contributed by atoms with Gasteiger partial charge in [0.05, 0.1) is 18.9 Å². The molecule has 124 valence electrons. The summed E-state index contributed by atoms with van der Waals surface area (Å²) in [5.41, 5.74) is 4.81. The normalized spacial score (nSPS) is 14.4. The first-order valence-electron chi connectivity index (χ1n) is 8.36. The first-order chi connectivity index (χ1) is 11.8. The molecule has 0 saturated carbocycles. The molecule has 2 aromatic rings. The van der Waals surface area contributed by atoms with E-state index >= 15 is 0 Å². The molecule has 0 unspecified atom stereocenters. The average molecular weight is 324 g/mol. The van der Waals surface area contributed by atoms with Crippen LogP contribution in [0.2, 0.25) is 0 Å². The van der Waals surface area contributed by atoms with Gasteiger partial charge < -0.3 is 20.1 Å². The van der Waals surface area contributed by atoms with E-state index in [1.165, 1.54) is 0 Å². The molecule has 0 bridgehead atoms. The van der Waals surface area contributed by atoms with Gasteiger partial charge in [0.1, 0.15) is 11.5 Å². The van der Waals surface area contributed by atoms with Crippen molar-refractivity contribution >= 4 is 17.4 Å². The molecule has 0 radical (unpaired) electrons. The molecule has 2 aliphatic heterocycles. The first kappa shape index (κ1) is 14.9. The van der Waals surface area contributed by atoms with Crippen molar-refractivity contribution in [1.29, 1.82) is 0 Å². The van der Waals surface area contributed by atoms with Gasteiger partial charge in [-0.15, -0.1) is 0 Å². The van der Waals surface area contributed by atoms with Gasteiger partial charge in [-0.3, -0.25) is 0 Å². The van der Waals surface area contributed by atoms with E-state index in [0.717, 1.165) is 58.8 Å². The highest BCUT2D eigenvalue weighted by Crippen LogP contribution is 2.44. The summed E-state index contributed by atoms with van der Waals surface area (Å²) in [4.78, 5) is 12.5. The largest absolute Gasteiger partial charge is 0.493 e. The summed E-state index contributed by atoms with van der Waals surface area (Å²) in [5, 5.41) is 5.93. The van der Waals surface area contributed by atoms with Crippen LogP contribution >= 0.6 is 0 Å². The molecule has 24 heavy (non-hydrogen) atoms. The fourth-order valence-electron chi connectivity index (χ4n) is 3.34. The number of rotatable bonds is 3. The first-order valence-corrected chi connectivity index (χ1v) is 8.36. The second-order valence-electron chi connectivity index (χ2n) is 6.00. The number of carbonyl (C=O) groups is 1. The lowest BCUT2D eigenvalue weighted by Crippen LogP contribution is -2.21. The van der Waals surface area contributed by atoms with Crippen molar-refractivity contribution in [3.05, 3.63) is 47.0 Å². The molecule has 2 aromatic carbocycles. The molecular formula is C19H20N2O3. The molecule has 2 aliphatic rings. The summed E-state index contributed by atoms with van der Waals surface area (Å²) in [6.07, 6.45) is 2.50. The highest BCUT2D eigenvalue weighted by Gasteiger charge is 2.27. The van der Waals surface area contributed by atoms with Gasteiger partial charge in [-0.05, 0) is 24.1 Å². The van der Waals surface area contributed by atoms with Crippen LogP contribution < -0.4 is 20.1 Å². The number of para-hydroxylation sites is 1. The number of benzene rings is 2. The Morgan fingerprint density at radius 2 is 1.96 bits per heavy atom.